The molecule has 5 heteroatoms. The van der Waals surface area contributed by atoms with Gasteiger partial charge in [0.2, 0.25) is 5.28 Å². The smallest absolute Gasteiger partial charge is 0.304 e. The van der Waals surface area contributed by atoms with Crippen LogP contribution >= 0.6 is 11.6 Å². The second-order valence-electron chi connectivity index (χ2n) is 3.74. The summed E-state index contributed by atoms with van der Waals surface area (Å²) in [4.78, 5) is 14.7. The summed E-state index contributed by atoms with van der Waals surface area (Å²) in [5.41, 5.74) is 1.74. The molecule has 4 nitrogen and oxygen atoms in total. The Bertz CT molecular complexity index is 536. The predicted molar refractivity (Wildman–Crippen MR) is 60.9 cm³/mol. The normalized spacial score (nSPS) is 12.9. The number of carboxylic acids is 1. The van der Waals surface area contributed by atoms with Gasteiger partial charge < -0.3 is 5.11 Å². The van der Waals surface area contributed by atoms with E-state index in [0.717, 1.165) is 11.2 Å². The molecule has 0 fully saturated rings. The van der Waals surface area contributed by atoms with Crippen LogP contribution in [0.3, 0.4) is 0 Å². The second-order valence-corrected chi connectivity index (χ2v) is 4.08. The van der Waals surface area contributed by atoms with Crippen molar-refractivity contribution >= 4 is 23.1 Å². The average molecular weight is 239 g/mol. The molecule has 0 saturated heterocycles. The van der Waals surface area contributed by atoms with Gasteiger partial charge in [-0.25, -0.2) is 4.98 Å². The fourth-order valence-corrected chi connectivity index (χ4v) is 2.03. The lowest BCUT2D eigenvalue weighted by Gasteiger charge is -2.12. The van der Waals surface area contributed by atoms with Gasteiger partial charge in [-0.05, 0) is 23.7 Å². The molecule has 0 radical (unpaired) electrons. The lowest BCUT2D eigenvalue weighted by atomic mass is 10.0. The molecule has 2 heterocycles. The van der Waals surface area contributed by atoms with E-state index in [4.69, 9.17) is 16.7 Å². The lowest BCUT2D eigenvalue weighted by Crippen LogP contribution is -2.07. The van der Waals surface area contributed by atoms with Gasteiger partial charge in [-0.15, -0.1) is 0 Å². The molecule has 2 aromatic heterocycles. The Labute approximate surface area is 97.5 Å². The quantitative estimate of drug-likeness (QED) is 0.894. The number of carbonyl (C=O) groups is 1. The number of hydrogen-bond acceptors (Lipinski definition) is 2. The van der Waals surface area contributed by atoms with E-state index in [0.29, 0.717) is 5.28 Å². The Hall–Kier alpha value is -1.55. The minimum absolute atomic E-state index is 0.0770. The number of carboxylic acid groups (broad SMARTS) is 1. The molecule has 0 aromatic carbocycles. The van der Waals surface area contributed by atoms with E-state index < -0.39 is 5.97 Å². The summed E-state index contributed by atoms with van der Waals surface area (Å²) in [5.74, 6) is -0.923. The first kappa shape index (κ1) is 11.0. The molecular formula is C11H11ClN2O2. The molecule has 16 heavy (non-hydrogen) atoms. The first-order valence-electron chi connectivity index (χ1n) is 4.93. The van der Waals surface area contributed by atoms with E-state index >= 15 is 0 Å². The number of imidazole rings is 1. The first-order chi connectivity index (χ1) is 7.59. The van der Waals surface area contributed by atoms with Gasteiger partial charge in [0.25, 0.3) is 0 Å². The van der Waals surface area contributed by atoms with Crippen LogP contribution in [0.4, 0.5) is 0 Å². The highest BCUT2D eigenvalue weighted by atomic mass is 35.5. The zero-order valence-electron chi connectivity index (χ0n) is 8.72. The van der Waals surface area contributed by atoms with Crippen LogP contribution in [0.2, 0.25) is 5.28 Å². The maximum atomic E-state index is 10.7. The minimum Gasteiger partial charge on any atom is -0.481 e. The first-order valence-corrected chi connectivity index (χ1v) is 5.31. The lowest BCUT2D eigenvalue weighted by molar-refractivity contribution is -0.137. The Morgan fingerprint density at radius 1 is 1.62 bits per heavy atom. The monoisotopic (exact) mass is 238 g/mol. The summed E-state index contributed by atoms with van der Waals surface area (Å²) in [5, 5.41) is 9.14. The molecule has 0 saturated carbocycles. The van der Waals surface area contributed by atoms with E-state index in [1.54, 1.807) is 10.6 Å². The minimum atomic E-state index is -0.819. The largest absolute Gasteiger partial charge is 0.481 e. The van der Waals surface area contributed by atoms with Crippen LogP contribution in [0.1, 0.15) is 25.0 Å². The molecule has 0 spiro atoms. The van der Waals surface area contributed by atoms with Crippen LogP contribution in [-0.2, 0) is 4.79 Å². The Morgan fingerprint density at radius 3 is 3.06 bits per heavy atom. The van der Waals surface area contributed by atoms with Crippen LogP contribution in [-0.4, -0.2) is 20.5 Å². The van der Waals surface area contributed by atoms with Gasteiger partial charge in [-0.1, -0.05) is 13.0 Å². The van der Waals surface area contributed by atoms with Gasteiger partial charge in [0.1, 0.15) is 0 Å². The Kier molecular flexibility index (Phi) is 2.83. The molecule has 84 valence electrons. The van der Waals surface area contributed by atoms with E-state index in [2.05, 4.69) is 4.98 Å². The SMILES string of the molecule is CC(CC(=O)O)c1cccc2cnc(Cl)n12. The number of aliphatic carboxylic acids is 1. The van der Waals surface area contributed by atoms with Crippen molar-refractivity contribution in [1.29, 1.82) is 0 Å². The second kappa shape index (κ2) is 4.14. The van der Waals surface area contributed by atoms with E-state index in [-0.39, 0.29) is 12.3 Å². The summed E-state index contributed by atoms with van der Waals surface area (Å²) in [6.45, 7) is 1.86. The fourth-order valence-electron chi connectivity index (χ4n) is 1.79. The van der Waals surface area contributed by atoms with Crippen LogP contribution in [0.25, 0.3) is 5.52 Å². The molecule has 0 amide bonds. The summed E-state index contributed by atoms with van der Waals surface area (Å²) < 4.78 is 1.77. The Balaban J connectivity index is 2.50. The maximum Gasteiger partial charge on any atom is 0.304 e. The van der Waals surface area contributed by atoms with Crippen molar-refractivity contribution < 1.29 is 9.90 Å². The van der Waals surface area contributed by atoms with Crippen molar-refractivity contribution in [2.45, 2.75) is 19.3 Å². The third kappa shape index (κ3) is 1.88. The van der Waals surface area contributed by atoms with Crippen molar-refractivity contribution in [3.8, 4) is 0 Å². The van der Waals surface area contributed by atoms with Crippen molar-refractivity contribution in [1.82, 2.24) is 9.38 Å². The predicted octanol–water partition coefficient (Wildman–Crippen LogP) is 2.57. The van der Waals surface area contributed by atoms with E-state index in [1.165, 1.54) is 0 Å². The van der Waals surface area contributed by atoms with Crippen molar-refractivity contribution in [3.63, 3.8) is 0 Å². The number of aromatic nitrogens is 2. The zero-order chi connectivity index (χ0) is 11.7. The number of hydrogen-bond donors (Lipinski definition) is 1. The Morgan fingerprint density at radius 2 is 2.38 bits per heavy atom. The zero-order valence-corrected chi connectivity index (χ0v) is 9.48. The van der Waals surface area contributed by atoms with Crippen molar-refractivity contribution in [2.75, 3.05) is 0 Å². The van der Waals surface area contributed by atoms with Gasteiger partial charge in [0, 0.05) is 11.6 Å². The third-order valence-electron chi connectivity index (χ3n) is 2.52. The number of halogens is 1. The van der Waals surface area contributed by atoms with Crippen LogP contribution < -0.4 is 0 Å². The molecule has 1 unspecified atom stereocenters. The number of nitrogens with zero attached hydrogens (tertiary/aromatic N) is 2. The summed E-state index contributed by atoms with van der Waals surface area (Å²) in [6.07, 6.45) is 1.74. The van der Waals surface area contributed by atoms with Gasteiger partial charge in [-0.3, -0.25) is 9.20 Å². The van der Waals surface area contributed by atoms with Gasteiger partial charge >= 0.3 is 5.97 Å². The van der Waals surface area contributed by atoms with E-state index in [1.807, 2.05) is 25.1 Å². The number of fused-ring (bicyclic) bond motifs is 1. The topological polar surface area (TPSA) is 54.6 Å². The van der Waals surface area contributed by atoms with Crippen LogP contribution in [0.5, 0.6) is 0 Å². The van der Waals surface area contributed by atoms with Gasteiger partial charge in [0.05, 0.1) is 18.1 Å². The molecule has 2 aromatic rings. The number of rotatable bonds is 3. The molecule has 0 aliphatic rings. The van der Waals surface area contributed by atoms with Crippen LogP contribution in [0, 0.1) is 0 Å². The molecule has 2 rings (SSSR count). The molecule has 1 N–H and O–H groups in total. The highest BCUT2D eigenvalue weighted by molar-refractivity contribution is 6.28. The highest BCUT2D eigenvalue weighted by Gasteiger charge is 2.14. The standard InChI is InChI=1S/C11H11ClN2O2/c1-7(5-10(15)16)9-4-2-3-8-6-13-11(12)14(8)9/h2-4,6-7H,5H2,1H3,(H,15,16). The summed E-state index contributed by atoms with van der Waals surface area (Å²) in [7, 11) is 0. The summed E-state index contributed by atoms with van der Waals surface area (Å²) in [6, 6.07) is 5.63. The van der Waals surface area contributed by atoms with Crippen molar-refractivity contribution in [3.05, 3.63) is 35.4 Å². The van der Waals surface area contributed by atoms with E-state index in [9.17, 15) is 4.79 Å². The van der Waals surface area contributed by atoms with Crippen molar-refractivity contribution in [2.24, 2.45) is 0 Å². The molecule has 0 bridgehead atoms. The third-order valence-corrected chi connectivity index (χ3v) is 2.79. The molecule has 0 aliphatic carbocycles. The summed E-state index contributed by atoms with van der Waals surface area (Å²) >= 11 is 5.96. The van der Waals surface area contributed by atoms with Gasteiger partial charge in [-0.2, -0.15) is 0 Å². The fraction of sp³-hybridized carbons (Fsp3) is 0.273. The maximum absolute atomic E-state index is 10.7. The highest BCUT2D eigenvalue weighted by Crippen LogP contribution is 2.23. The molecule has 0 aliphatic heterocycles. The number of pyridine rings is 1. The average Bonchev–Trinajstić information content (AvgIpc) is 2.59. The molecular weight excluding hydrogens is 228 g/mol. The van der Waals surface area contributed by atoms with Gasteiger partial charge in [0.15, 0.2) is 0 Å². The van der Waals surface area contributed by atoms with Crippen LogP contribution in [0.15, 0.2) is 24.4 Å². The molecule has 1 atom stereocenters.